The molecule has 0 bridgehead atoms. The smallest absolute Gasteiger partial charge is 0.240 e. The third-order valence-corrected chi connectivity index (χ3v) is 6.72. The molecule has 156 valence electrons. The molecule has 0 atom stereocenters. The van der Waals surface area contributed by atoms with Crippen LogP contribution in [0.1, 0.15) is 23.2 Å². The van der Waals surface area contributed by atoms with E-state index in [1.165, 1.54) is 0 Å². The van der Waals surface area contributed by atoms with E-state index in [1.807, 2.05) is 32.0 Å². The fraction of sp³-hybridized carbons (Fsp3) is 0.429. The zero-order valence-corrected chi connectivity index (χ0v) is 17.8. The number of sulfonamides is 1. The van der Waals surface area contributed by atoms with Crippen LogP contribution < -0.4 is 4.72 Å². The monoisotopic (exact) mass is 416 g/mol. The summed E-state index contributed by atoms with van der Waals surface area (Å²) in [6.07, 6.45) is 1.94. The largest absolute Gasteiger partial charge is 0.340 e. The average Bonchev–Trinajstić information content (AvgIpc) is 2.71. The molecule has 0 aliphatic carbocycles. The molecule has 2 aromatic rings. The molecular weight excluding hydrogens is 388 g/mol. The first-order valence-corrected chi connectivity index (χ1v) is 11.3. The number of amides is 1. The molecule has 29 heavy (non-hydrogen) atoms. The Balaban J connectivity index is 1.43. The molecule has 8 heteroatoms. The van der Waals surface area contributed by atoms with E-state index in [2.05, 4.69) is 14.6 Å². The van der Waals surface area contributed by atoms with Crippen LogP contribution in [0.4, 0.5) is 0 Å². The van der Waals surface area contributed by atoms with Gasteiger partial charge in [0, 0.05) is 51.9 Å². The van der Waals surface area contributed by atoms with Crippen LogP contribution in [-0.4, -0.2) is 61.8 Å². The molecule has 1 aromatic carbocycles. The summed E-state index contributed by atoms with van der Waals surface area (Å²) in [5.41, 5.74) is 2.99. The second-order valence-corrected chi connectivity index (χ2v) is 9.14. The maximum Gasteiger partial charge on any atom is 0.240 e. The molecule has 1 N–H and O–H groups in total. The molecule has 1 saturated heterocycles. The van der Waals surface area contributed by atoms with Gasteiger partial charge in [-0.3, -0.25) is 14.7 Å². The fourth-order valence-corrected chi connectivity index (χ4v) is 4.41. The molecule has 1 amide bonds. The molecule has 0 spiro atoms. The third kappa shape index (κ3) is 5.85. The number of piperazine rings is 1. The Hall–Kier alpha value is -2.29. The number of nitrogens with zero attached hydrogens (tertiary/aromatic N) is 3. The predicted molar refractivity (Wildman–Crippen MR) is 112 cm³/mol. The van der Waals surface area contributed by atoms with Crippen LogP contribution in [0.2, 0.25) is 0 Å². The first-order valence-electron chi connectivity index (χ1n) is 9.82. The molecular formula is C21H28N4O3S. The van der Waals surface area contributed by atoms with Gasteiger partial charge in [-0.2, -0.15) is 0 Å². The predicted octanol–water partition coefficient (Wildman–Crippen LogP) is 1.71. The van der Waals surface area contributed by atoms with Crippen LogP contribution in [0.5, 0.6) is 0 Å². The number of benzene rings is 1. The van der Waals surface area contributed by atoms with E-state index in [-0.39, 0.29) is 23.8 Å². The summed E-state index contributed by atoms with van der Waals surface area (Å²) < 4.78 is 27.4. The number of hydrogen-bond donors (Lipinski definition) is 1. The Morgan fingerprint density at radius 1 is 1.07 bits per heavy atom. The standard InChI is InChI=1S/C21H28N4O3S/c1-17-6-7-20(15-18(17)2)29(27,28)23-10-8-21(26)25-13-11-24(12-14-25)16-19-5-3-4-9-22-19/h3-7,9,15,23H,8,10-14,16H2,1-2H3. The highest BCUT2D eigenvalue weighted by Crippen LogP contribution is 2.14. The van der Waals surface area contributed by atoms with Crippen molar-refractivity contribution in [1.82, 2.24) is 19.5 Å². The fourth-order valence-electron chi connectivity index (χ4n) is 3.29. The van der Waals surface area contributed by atoms with Gasteiger partial charge >= 0.3 is 0 Å². The molecule has 7 nitrogen and oxygen atoms in total. The van der Waals surface area contributed by atoms with E-state index in [1.54, 1.807) is 29.3 Å². The summed E-state index contributed by atoms with van der Waals surface area (Å²) in [6.45, 7) is 7.57. The second-order valence-electron chi connectivity index (χ2n) is 7.37. The Morgan fingerprint density at radius 3 is 2.48 bits per heavy atom. The number of rotatable bonds is 7. The van der Waals surface area contributed by atoms with Crippen molar-refractivity contribution in [2.24, 2.45) is 0 Å². The normalized spacial score (nSPS) is 15.4. The van der Waals surface area contributed by atoms with Crippen LogP contribution in [0, 0.1) is 13.8 Å². The Morgan fingerprint density at radius 2 is 1.83 bits per heavy atom. The van der Waals surface area contributed by atoms with Crippen molar-refractivity contribution in [2.75, 3.05) is 32.7 Å². The van der Waals surface area contributed by atoms with E-state index < -0.39 is 10.0 Å². The van der Waals surface area contributed by atoms with Gasteiger partial charge in [-0.15, -0.1) is 0 Å². The number of nitrogens with one attached hydrogen (secondary N) is 1. The highest BCUT2D eigenvalue weighted by Gasteiger charge is 2.22. The van der Waals surface area contributed by atoms with Crippen molar-refractivity contribution in [3.05, 3.63) is 59.4 Å². The lowest BCUT2D eigenvalue weighted by Crippen LogP contribution is -2.48. The van der Waals surface area contributed by atoms with Gasteiger partial charge in [0.25, 0.3) is 0 Å². The molecule has 0 unspecified atom stereocenters. The van der Waals surface area contributed by atoms with E-state index in [0.29, 0.717) is 13.1 Å². The van der Waals surface area contributed by atoms with Crippen molar-refractivity contribution < 1.29 is 13.2 Å². The zero-order chi connectivity index (χ0) is 20.9. The lowest BCUT2D eigenvalue weighted by Gasteiger charge is -2.34. The van der Waals surface area contributed by atoms with Crippen molar-refractivity contribution in [2.45, 2.75) is 31.7 Å². The summed E-state index contributed by atoms with van der Waals surface area (Å²) >= 11 is 0. The first-order chi connectivity index (χ1) is 13.8. The van der Waals surface area contributed by atoms with E-state index in [9.17, 15) is 13.2 Å². The number of carbonyl (C=O) groups is 1. The van der Waals surface area contributed by atoms with Gasteiger partial charge in [-0.25, -0.2) is 13.1 Å². The lowest BCUT2D eigenvalue weighted by molar-refractivity contribution is -0.132. The van der Waals surface area contributed by atoms with E-state index in [4.69, 9.17) is 0 Å². The van der Waals surface area contributed by atoms with Crippen LogP contribution in [0.3, 0.4) is 0 Å². The molecule has 0 radical (unpaired) electrons. The highest BCUT2D eigenvalue weighted by atomic mass is 32.2. The molecule has 1 aromatic heterocycles. The zero-order valence-electron chi connectivity index (χ0n) is 17.0. The van der Waals surface area contributed by atoms with Crippen molar-refractivity contribution in [3.63, 3.8) is 0 Å². The van der Waals surface area contributed by atoms with E-state index >= 15 is 0 Å². The Bertz CT molecular complexity index is 940. The summed E-state index contributed by atoms with van der Waals surface area (Å²) in [5, 5.41) is 0. The van der Waals surface area contributed by atoms with Crippen LogP contribution in [0.25, 0.3) is 0 Å². The molecule has 0 saturated carbocycles. The maximum absolute atomic E-state index is 12.4. The van der Waals surface area contributed by atoms with E-state index in [0.717, 1.165) is 36.5 Å². The summed E-state index contributed by atoms with van der Waals surface area (Å²) in [5.74, 6) is -0.0229. The second kappa shape index (κ2) is 9.47. The summed E-state index contributed by atoms with van der Waals surface area (Å²) in [6, 6.07) is 10.9. The third-order valence-electron chi connectivity index (χ3n) is 5.26. The molecule has 1 aliphatic rings. The number of aryl methyl sites for hydroxylation is 2. The van der Waals surface area contributed by atoms with Crippen LogP contribution >= 0.6 is 0 Å². The van der Waals surface area contributed by atoms with Crippen LogP contribution in [0.15, 0.2) is 47.5 Å². The number of hydrogen-bond acceptors (Lipinski definition) is 5. The first kappa shape index (κ1) is 21.4. The van der Waals surface area contributed by atoms with Crippen molar-refractivity contribution >= 4 is 15.9 Å². The Kier molecular flexibility index (Phi) is 7.00. The van der Waals surface area contributed by atoms with Crippen molar-refractivity contribution in [1.29, 1.82) is 0 Å². The summed E-state index contributed by atoms with van der Waals surface area (Å²) in [7, 11) is -3.61. The van der Waals surface area contributed by atoms with Gasteiger partial charge in [0.05, 0.1) is 10.6 Å². The molecule has 1 fully saturated rings. The van der Waals surface area contributed by atoms with Gasteiger partial charge in [0.1, 0.15) is 0 Å². The minimum atomic E-state index is -3.61. The topological polar surface area (TPSA) is 82.6 Å². The minimum Gasteiger partial charge on any atom is -0.340 e. The lowest BCUT2D eigenvalue weighted by atomic mass is 10.1. The van der Waals surface area contributed by atoms with Crippen LogP contribution in [-0.2, 0) is 21.4 Å². The average molecular weight is 417 g/mol. The van der Waals surface area contributed by atoms with Crippen molar-refractivity contribution in [3.8, 4) is 0 Å². The van der Waals surface area contributed by atoms with Gasteiger partial charge in [-0.1, -0.05) is 12.1 Å². The number of pyridine rings is 1. The van der Waals surface area contributed by atoms with Gasteiger partial charge in [0.15, 0.2) is 0 Å². The SMILES string of the molecule is Cc1ccc(S(=O)(=O)NCCC(=O)N2CCN(Cc3ccccn3)CC2)cc1C. The number of carbonyl (C=O) groups excluding carboxylic acids is 1. The Labute approximate surface area is 172 Å². The quantitative estimate of drug-likeness (QED) is 0.743. The highest BCUT2D eigenvalue weighted by molar-refractivity contribution is 7.89. The summed E-state index contributed by atoms with van der Waals surface area (Å²) in [4.78, 5) is 21.1. The molecule has 3 rings (SSSR count). The van der Waals surface area contributed by atoms with Gasteiger partial charge in [0.2, 0.25) is 15.9 Å². The molecule has 1 aliphatic heterocycles. The molecule has 2 heterocycles. The number of aromatic nitrogens is 1. The maximum atomic E-state index is 12.4. The van der Waals surface area contributed by atoms with Gasteiger partial charge < -0.3 is 4.90 Å². The van der Waals surface area contributed by atoms with Gasteiger partial charge in [-0.05, 0) is 49.2 Å². The minimum absolute atomic E-state index is 0.0229.